The monoisotopic (exact) mass is 1750 g/mol. The van der Waals surface area contributed by atoms with Crippen molar-refractivity contribution in [2.45, 2.75) is 194 Å². The minimum Gasteiger partial charge on any atom is -0.478 e. The van der Waals surface area contributed by atoms with E-state index in [0.29, 0.717) is 0 Å². The third kappa shape index (κ3) is 43.6. The number of hydrogen-bond acceptors (Lipinski definition) is 4. The maximum atomic E-state index is 12.5. The zero-order chi connectivity index (χ0) is 68.5. The summed E-state index contributed by atoms with van der Waals surface area (Å²) in [5.41, 5.74) is -4.96. The van der Waals surface area contributed by atoms with Gasteiger partial charge in [-0.05, 0) is 24.3 Å². The number of unbranched alkanes of at least 4 members (excludes halogenated alkanes) is 8. The van der Waals surface area contributed by atoms with Gasteiger partial charge in [0.05, 0.1) is 0 Å². The maximum Gasteiger partial charge on any atom is 0.338 e. The van der Waals surface area contributed by atoms with Crippen LogP contribution < -0.4 is 0 Å². The van der Waals surface area contributed by atoms with Crippen molar-refractivity contribution in [2.75, 3.05) is 0 Å². The molecule has 90 heavy (non-hydrogen) atoms. The second kappa shape index (κ2) is 60.7. The molecule has 0 saturated carbocycles. The molecule has 0 aliphatic heterocycles. The molecule has 0 amide bonds. The van der Waals surface area contributed by atoms with Crippen LogP contribution in [0.3, 0.4) is 0 Å². The van der Waals surface area contributed by atoms with Crippen LogP contribution in [0, 0.1) is 93.1 Å². The molecule has 4 aromatic rings. The van der Waals surface area contributed by atoms with E-state index in [9.17, 15) is 89.4 Å². The summed E-state index contributed by atoms with van der Waals surface area (Å²) in [5.74, 6) is -38.7. The predicted octanol–water partition coefficient (Wildman–Crippen LogP) is 18.6. The van der Waals surface area contributed by atoms with Gasteiger partial charge in [0.1, 0.15) is 22.3 Å². The van der Waals surface area contributed by atoms with Gasteiger partial charge in [0, 0.05) is 0 Å². The van der Waals surface area contributed by atoms with Gasteiger partial charge in [-0.15, -0.1) is 0 Å². The topological polar surface area (TPSA) is 212 Å². The second-order valence-electron chi connectivity index (χ2n) is 18.4. The Balaban J connectivity index is -0.000000225. The van der Waals surface area contributed by atoms with Gasteiger partial charge in [0.25, 0.3) is 0 Å². The van der Waals surface area contributed by atoms with Crippen molar-refractivity contribution >= 4 is 108 Å². The van der Waals surface area contributed by atoms with E-state index in [1.165, 1.54) is 103 Å². The quantitative estimate of drug-likeness (QED) is 0.0141. The van der Waals surface area contributed by atoms with E-state index in [4.69, 9.17) is 20.4 Å². The molecule has 4 rings (SSSR count). The first-order chi connectivity index (χ1) is 41.4. The third-order valence-corrected chi connectivity index (χ3v) is 27.1. The molecular formula is C60H84F16O10Sn4. The molecule has 0 heterocycles. The van der Waals surface area contributed by atoms with Crippen LogP contribution >= 0.6 is 0 Å². The number of carboxylic acids is 4. The summed E-state index contributed by atoms with van der Waals surface area (Å²) in [7, 11) is 0. The molecule has 0 aliphatic carbocycles. The Morgan fingerprint density at radius 2 is 0.378 bits per heavy atom. The molecule has 0 spiro atoms. The fourth-order valence-electron chi connectivity index (χ4n) is 5.83. The summed E-state index contributed by atoms with van der Waals surface area (Å²) in [4.78, 5) is 40.6. The molecule has 0 aliphatic rings. The molecular weight excluding hydrogens is 1660 g/mol. The van der Waals surface area contributed by atoms with Gasteiger partial charge >= 0.3 is 302 Å². The van der Waals surface area contributed by atoms with E-state index in [0.717, 1.165) is 0 Å². The summed E-state index contributed by atoms with van der Waals surface area (Å²) in [5, 5.41) is 32.8. The Bertz CT molecular complexity index is 2260. The van der Waals surface area contributed by atoms with Crippen LogP contribution in [0.2, 0.25) is 35.5 Å². The van der Waals surface area contributed by atoms with E-state index in [-0.39, 0.29) is 120 Å². The van der Waals surface area contributed by atoms with Crippen molar-refractivity contribution in [3.8, 4) is 0 Å². The van der Waals surface area contributed by atoms with E-state index in [2.05, 4.69) is 55.4 Å². The SMILES string of the molecule is CCC[CH2][Sn][CH2]CCC.CCC[CH2][Sn][CH2]CCC.CCC[CH2][Sn][CH2]CCC.CCC[CH2][Sn][CH2]CCC.O.O.O=C(O)c1cc(F)c(F)c(F)c1F.O=C(O)c1cc(F)c(F)c(F)c1F.O=C(O)c1cc(F)c(F)c(F)c1F.O=C(O)c1cc(F)c(F)c(F)c1F. The first-order valence-corrected chi connectivity index (χ1v) is 44.7. The fraction of sp³-hybridized carbons (Fsp3) is 0.533. The molecule has 0 bridgehead atoms. The number of aromatic carboxylic acids is 4. The van der Waals surface area contributed by atoms with Gasteiger partial charge in [-0.3, -0.25) is 0 Å². The minimum atomic E-state index is -2.13. The van der Waals surface area contributed by atoms with Crippen molar-refractivity contribution < 1.29 is 121 Å². The summed E-state index contributed by atoms with van der Waals surface area (Å²) >= 11 is 0.598. The number of carboxylic acid groups (broad SMARTS) is 4. The zero-order valence-corrected chi connectivity index (χ0v) is 63.2. The Hall–Kier alpha value is -3.25. The van der Waals surface area contributed by atoms with Crippen LogP contribution in [0.25, 0.3) is 0 Å². The molecule has 8 N–H and O–H groups in total. The van der Waals surface area contributed by atoms with Crippen LogP contribution in [-0.2, 0) is 0 Å². The summed E-state index contributed by atoms with van der Waals surface area (Å²) in [6, 6.07) is 0.318. The van der Waals surface area contributed by atoms with Crippen molar-refractivity contribution in [3.05, 3.63) is 140 Å². The van der Waals surface area contributed by atoms with Gasteiger partial charge < -0.3 is 31.4 Å². The smallest absolute Gasteiger partial charge is 0.338 e. The summed E-state index contributed by atoms with van der Waals surface area (Å²) in [6.07, 6.45) is 23.4. The van der Waals surface area contributed by atoms with Crippen LogP contribution in [0.15, 0.2) is 24.3 Å². The molecule has 30 heteroatoms. The summed E-state index contributed by atoms with van der Waals surface area (Å²) < 4.78 is 211. The van der Waals surface area contributed by atoms with E-state index in [1.54, 1.807) is 35.5 Å². The Kier molecular flexibility index (Phi) is 66.0. The minimum absolute atomic E-state index is 0. The molecule has 0 saturated heterocycles. The number of halogens is 16. The summed E-state index contributed by atoms with van der Waals surface area (Å²) in [6.45, 7) is 18.3. The van der Waals surface area contributed by atoms with Crippen molar-refractivity contribution in [3.63, 3.8) is 0 Å². The molecule has 0 fully saturated rings. The van der Waals surface area contributed by atoms with Gasteiger partial charge in [-0.2, -0.15) is 0 Å². The predicted molar refractivity (Wildman–Crippen MR) is 321 cm³/mol. The molecule has 10 nitrogen and oxygen atoms in total. The molecule has 512 valence electrons. The number of carbonyl (C=O) groups is 4. The van der Waals surface area contributed by atoms with Gasteiger partial charge in [0.2, 0.25) is 0 Å². The van der Waals surface area contributed by atoms with Crippen LogP contribution in [0.1, 0.15) is 200 Å². The average Bonchev–Trinajstić information content (AvgIpc) is 3.48. The zero-order valence-electron chi connectivity index (χ0n) is 51.7. The van der Waals surface area contributed by atoms with Crippen LogP contribution in [0.4, 0.5) is 70.2 Å². The van der Waals surface area contributed by atoms with Crippen molar-refractivity contribution in [1.29, 1.82) is 0 Å². The van der Waals surface area contributed by atoms with Crippen molar-refractivity contribution in [1.82, 2.24) is 0 Å². The molecule has 0 atom stereocenters. The van der Waals surface area contributed by atoms with Crippen LogP contribution in [-0.4, -0.2) is 140 Å². The number of benzene rings is 4. The Labute approximate surface area is 558 Å². The van der Waals surface area contributed by atoms with E-state index in [1.807, 2.05) is 0 Å². The normalized spacial score (nSPS) is 9.87. The van der Waals surface area contributed by atoms with E-state index >= 15 is 0 Å². The Morgan fingerprint density at radius 1 is 0.256 bits per heavy atom. The largest absolute Gasteiger partial charge is 0.478 e. The molecule has 8 radical (unpaired) electrons. The molecule has 0 unspecified atom stereocenters. The third-order valence-electron chi connectivity index (χ3n) is 11.0. The van der Waals surface area contributed by atoms with Crippen molar-refractivity contribution in [2.24, 2.45) is 0 Å². The second-order valence-corrected chi connectivity index (χ2v) is 35.6. The van der Waals surface area contributed by atoms with E-state index < -0.39 is 139 Å². The Morgan fingerprint density at radius 3 is 0.478 bits per heavy atom. The average molecular weight is 1740 g/mol. The van der Waals surface area contributed by atoms with Gasteiger partial charge in [0.15, 0.2) is 93.1 Å². The fourth-order valence-corrected chi connectivity index (χ4v) is 22.5. The standard InChI is InChI=1S/4C7H2F4O2.8C4H9.2H2O.4Sn/c4*8-3-1-2(7(12)13)4(9)6(11)5(3)10;8*1-3-4-2;;;;;;/h4*1H,(H,12,13);8*1,3-4H2,2H3;2*1H2;;;;. The number of rotatable bonds is 28. The number of hydrogen-bond donors (Lipinski definition) is 4. The maximum absolute atomic E-state index is 12.5. The molecule has 0 aromatic heterocycles. The first kappa shape index (κ1) is 97.8. The van der Waals surface area contributed by atoms with Gasteiger partial charge in [-0.1, -0.05) is 0 Å². The van der Waals surface area contributed by atoms with Crippen LogP contribution in [0.5, 0.6) is 0 Å². The first-order valence-electron chi connectivity index (χ1n) is 28.5. The van der Waals surface area contributed by atoms with Gasteiger partial charge in [-0.25, -0.2) is 89.4 Å². The molecule has 4 aromatic carbocycles.